The molecule has 0 aromatic heterocycles. The molecule has 5 rings (SSSR count). The predicted molar refractivity (Wildman–Crippen MR) is 127 cm³/mol. The highest BCUT2D eigenvalue weighted by atomic mass is 16.7. The van der Waals surface area contributed by atoms with Gasteiger partial charge in [-0.2, -0.15) is 0 Å². The van der Waals surface area contributed by atoms with E-state index >= 15 is 0 Å². The highest BCUT2D eigenvalue weighted by Gasteiger charge is 2.31. The summed E-state index contributed by atoms with van der Waals surface area (Å²) in [5.41, 5.74) is 2.87. The molecular formula is C26H31N3O5. The van der Waals surface area contributed by atoms with Gasteiger partial charge in [-0.3, -0.25) is 19.4 Å². The summed E-state index contributed by atoms with van der Waals surface area (Å²) in [4.78, 5) is 31.6. The summed E-state index contributed by atoms with van der Waals surface area (Å²) in [5, 5.41) is 0. The van der Waals surface area contributed by atoms with Crippen LogP contribution in [0, 0.1) is 0 Å². The van der Waals surface area contributed by atoms with Crippen molar-refractivity contribution in [1.29, 1.82) is 0 Å². The van der Waals surface area contributed by atoms with E-state index in [1.54, 1.807) is 4.90 Å². The second-order valence-electron chi connectivity index (χ2n) is 10.0. The number of nitrogens with zero attached hydrogens (tertiary/aromatic N) is 3. The Kier molecular flexibility index (Phi) is 5.85. The lowest BCUT2D eigenvalue weighted by Crippen LogP contribution is -2.52. The maximum absolute atomic E-state index is 13.1. The zero-order valence-electron chi connectivity index (χ0n) is 20.0. The maximum atomic E-state index is 13.1. The van der Waals surface area contributed by atoms with Crippen LogP contribution in [0.25, 0.3) is 0 Å². The number of hydrogen-bond donors (Lipinski definition) is 0. The van der Waals surface area contributed by atoms with Gasteiger partial charge in [0.05, 0.1) is 5.69 Å². The minimum atomic E-state index is -0.187. The van der Waals surface area contributed by atoms with Crippen molar-refractivity contribution in [3.05, 3.63) is 47.5 Å². The third-order valence-corrected chi connectivity index (χ3v) is 6.63. The van der Waals surface area contributed by atoms with Crippen LogP contribution in [-0.4, -0.2) is 67.7 Å². The number of hydrogen-bond acceptors (Lipinski definition) is 6. The second-order valence-corrected chi connectivity index (χ2v) is 10.0. The number of carbonyl (C=O) groups excluding carboxylic acids is 2. The van der Waals surface area contributed by atoms with Gasteiger partial charge in [-0.05, 0) is 40.8 Å². The third kappa shape index (κ3) is 4.55. The van der Waals surface area contributed by atoms with E-state index in [0.29, 0.717) is 24.5 Å². The number of fused-ring (bicyclic) bond motifs is 2. The first-order valence-corrected chi connectivity index (χ1v) is 11.7. The van der Waals surface area contributed by atoms with Gasteiger partial charge in [0.15, 0.2) is 18.1 Å². The summed E-state index contributed by atoms with van der Waals surface area (Å²) < 4.78 is 16.5. The first-order valence-electron chi connectivity index (χ1n) is 11.7. The van der Waals surface area contributed by atoms with E-state index < -0.39 is 0 Å². The van der Waals surface area contributed by atoms with E-state index in [1.165, 1.54) is 0 Å². The fraction of sp³-hybridized carbons (Fsp3) is 0.462. The molecule has 0 aliphatic carbocycles. The highest BCUT2D eigenvalue weighted by molar-refractivity contribution is 6.02. The molecule has 1 saturated heterocycles. The minimum absolute atomic E-state index is 0.0327. The van der Waals surface area contributed by atoms with E-state index in [2.05, 4.69) is 31.7 Å². The minimum Gasteiger partial charge on any atom is -0.482 e. The van der Waals surface area contributed by atoms with Crippen molar-refractivity contribution in [1.82, 2.24) is 9.80 Å². The van der Waals surface area contributed by atoms with Gasteiger partial charge in [0.2, 0.25) is 12.7 Å². The molecule has 3 aliphatic rings. The van der Waals surface area contributed by atoms with Crippen molar-refractivity contribution >= 4 is 17.5 Å². The van der Waals surface area contributed by atoms with Gasteiger partial charge in [-0.25, -0.2) is 0 Å². The molecule has 180 valence electrons. The summed E-state index contributed by atoms with van der Waals surface area (Å²) in [7, 11) is 0. The molecular weight excluding hydrogens is 434 g/mol. The largest absolute Gasteiger partial charge is 0.482 e. The van der Waals surface area contributed by atoms with Gasteiger partial charge < -0.3 is 19.1 Å². The molecule has 8 nitrogen and oxygen atoms in total. The van der Waals surface area contributed by atoms with Gasteiger partial charge in [-0.15, -0.1) is 0 Å². The number of rotatable bonds is 4. The fourth-order valence-electron chi connectivity index (χ4n) is 4.53. The van der Waals surface area contributed by atoms with Gasteiger partial charge in [0, 0.05) is 32.7 Å². The standard InChI is InChI=1S/C26H31N3O5/c1-26(2,3)19-5-7-21-20(13-19)29(25(31)16-32-21)15-24(30)28-10-8-27(9-11-28)14-18-4-6-22-23(12-18)34-17-33-22/h4-7,12-13H,8-11,14-17H2,1-3H3. The normalized spacial score (nSPS) is 18.0. The predicted octanol–water partition coefficient (Wildman–Crippen LogP) is 2.78. The van der Waals surface area contributed by atoms with Crippen LogP contribution in [0.15, 0.2) is 36.4 Å². The lowest BCUT2D eigenvalue weighted by atomic mass is 9.86. The molecule has 1 fully saturated rings. The Morgan fingerprint density at radius 3 is 2.41 bits per heavy atom. The quantitative estimate of drug-likeness (QED) is 0.692. The molecule has 0 bridgehead atoms. The Morgan fingerprint density at radius 1 is 0.912 bits per heavy atom. The van der Waals surface area contributed by atoms with E-state index in [9.17, 15) is 9.59 Å². The molecule has 8 heteroatoms. The van der Waals surface area contributed by atoms with Crippen LogP contribution in [-0.2, 0) is 21.5 Å². The SMILES string of the molecule is CC(C)(C)c1ccc2c(c1)N(CC(=O)N1CCN(Cc3ccc4c(c3)OCO4)CC1)C(=O)CO2. The lowest BCUT2D eigenvalue weighted by molar-refractivity contribution is -0.133. The molecule has 0 unspecified atom stereocenters. The van der Waals surface area contributed by atoms with Crippen molar-refractivity contribution in [2.75, 3.05) is 51.0 Å². The topological polar surface area (TPSA) is 71.6 Å². The van der Waals surface area contributed by atoms with E-state index in [4.69, 9.17) is 14.2 Å². The van der Waals surface area contributed by atoms with Crippen molar-refractivity contribution < 1.29 is 23.8 Å². The molecule has 0 saturated carbocycles. The van der Waals surface area contributed by atoms with Crippen LogP contribution in [0.5, 0.6) is 17.2 Å². The summed E-state index contributed by atoms with van der Waals surface area (Å²) in [6, 6.07) is 11.9. The Morgan fingerprint density at radius 2 is 1.65 bits per heavy atom. The smallest absolute Gasteiger partial charge is 0.265 e. The van der Waals surface area contributed by atoms with Crippen LogP contribution in [0.2, 0.25) is 0 Å². The van der Waals surface area contributed by atoms with Crippen molar-refractivity contribution in [2.45, 2.75) is 32.7 Å². The molecule has 0 spiro atoms. The molecule has 2 amide bonds. The van der Waals surface area contributed by atoms with Gasteiger partial charge in [-0.1, -0.05) is 32.9 Å². The Labute approximate surface area is 200 Å². The number of amides is 2. The molecule has 2 aromatic rings. The summed E-state index contributed by atoms with van der Waals surface area (Å²) >= 11 is 0. The molecule has 34 heavy (non-hydrogen) atoms. The van der Waals surface area contributed by atoms with Crippen LogP contribution >= 0.6 is 0 Å². The van der Waals surface area contributed by atoms with E-state index in [-0.39, 0.29) is 37.2 Å². The molecule has 2 aromatic carbocycles. The van der Waals surface area contributed by atoms with Crippen molar-refractivity contribution in [3.8, 4) is 17.2 Å². The Balaban J connectivity index is 1.21. The molecule has 0 radical (unpaired) electrons. The van der Waals surface area contributed by atoms with Crippen LogP contribution < -0.4 is 19.1 Å². The average molecular weight is 466 g/mol. The third-order valence-electron chi connectivity index (χ3n) is 6.63. The zero-order chi connectivity index (χ0) is 23.9. The van der Waals surface area contributed by atoms with E-state index in [1.807, 2.05) is 35.2 Å². The Hall–Kier alpha value is -3.26. The second kappa shape index (κ2) is 8.83. The average Bonchev–Trinajstić information content (AvgIpc) is 3.28. The fourth-order valence-corrected chi connectivity index (χ4v) is 4.53. The monoisotopic (exact) mass is 465 g/mol. The van der Waals surface area contributed by atoms with Crippen LogP contribution in [0.4, 0.5) is 5.69 Å². The summed E-state index contributed by atoms with van der Waals surface area (Å²) in [6.45, 7) is 10.3. The molecule has 0 atom stereocenters. The first-order chi connectivity index (χ1) is 16.3. The van der Waals surface area contributed by atoms with E-state index in [0.717, 1.165) is 42.3 Å². The number of carbonyl (C=O) groups is 2. The highest BCUT2D eigenvalue weighted by Crippen LogP contribution is 2.36. The zero-order valence-corrected chi connectivity index (χ0v) is 20.0. The number of ether oxygens (including phenoxy) is 3. The first kappa shape index (κ1) is 22.5. The van der Waals surface area contributed by atoms with Crippen LogP contribution in [0.3, 0.4) is 0 Å². The van der Waals surface area contributed by atoms with Gasteiger partial charge in [0.25, 0.3) is 5.91 Å². The van der Waals surface area contributed by atoms with Crippen molar-refractivity contribution in [2.24, 2.45) is 0 Å². The van der Waals surface area contributed by atoms with Gasteiger partial charge in [0.1, 0.15) is 12.3 Å². The molecule has 3 heterocycles. The Bertz CT molecular complexity index is 1100. The van der Waals surface area contributed by atoms with Crippen LogP contribution in [0.1, 0.15) is 31.9 Å². The summed E-state index contributed by atoms with van der Waals surface area (Å²) in [6.07, 6.45) is 0. The maximum Gasteiger partial charge on any atom is 0.265 e. The summed E-state index contributed by atoms with van der Waals surface area (Å²) in [5.74, 6) is 2.00. The van der Waals surface area contributed by atoms with Crippen molar-refractivity contribution in [3.63, 3.8) is 0 Å². The van der Waals surface area contributed by atoms with Gasteiger partial charge >= 0.3 is 0 Å². The lowest BCUT2D eigenvalue weighted by Gasteiger charge is -2.37. The molecule has 0 N–H and O–H groups in total. The number of anilines is 1. The molecule has 3 aliphatic heterocycles. The number of piperazine rings is 1. The number of benzene rings is 2.